The zero-order valence-corrected chi connectivity index (χ0v) is 5.74. The zero-order valence-electron chi connectivity index (χ0n) is 5.74. The first-order valence-corrected chi connectivity index (χ1v) is 2.91. The fraction of sp³-hybridized carbons (Fsp3) is 0.714. The van der Waals surface area contributed by atoms with Gasteiger partial charge in [-0.25, -0.2) is 4.39 Å². The van der Waals surface area contributed by atoms with Gasteiger partial charge in [0, 0.05) is 0 Å². The van der Waals surface area contributed by atoms with Crippen molar-refractivity contribution in [3.05, 3.63) is 11.6 Å². The van der Waals surface area contributed by atoms with Crippen LogP contribution in [0.5, 0.6) is 0 Å². The molecule has 8 heavy (non-hydrogen) atoms. The Balaban J connectivity index is 3.61. The number of halogens is 1. The van der Waals surface area contributed by atoms with E-state index in [0.717, 1.165) is 5.57 Å². The van der Waals surface area contributed by atoms with Gasteiger partial charge in [0.05, 0.1) is 0 Å². The van der Waals surface area contributed by atoms with Crippen LogP contribution in [0.1, 0.15) is 20.8 Å². The van der Waals surface area contributed by atoms with E-state index in [4.69, 9.17) is 0 Å². The fourth-order valence-electron chi connectivity index (χ4n) is 0.357. The van der Waals surface area contributed by atoms with E-state index in [0.29, 0.717) is 5.92 Å². The van der Waals surface area contributed by atoms with Crippen LogP contribution in [0, 0.1) is 5.92 Å². The minimum Gasteiger partial charge on any atom is -0.247 e. The minimum absolute atomic E-state index is 0.329. The van der Waals surface area contributed by atoms with Crippen LogP contribution in [0.25, 0.3) is 0 Å². The Morgan fingerprint density at radius 1 is 1.62 bits per heavy atom. The van der Waals surface area contributed by atoms with Crippen molar-refractivity contribution in [3.8, 4) is 0 Å². The summed E-state index contributed by atoms with van der Waals surface area (Å²) in [7, 11) is 0. The molecule has 0 nitrogen and oxygen atoms in total. The third-order valence-corrected chi connectivity index (χ3v) is 1.31. The van der Waals surface area contributed by atoms with Crippen molar-refractivity contribution in [3.63, 3.8) is 0 Å². The largest absolute Gasteiger partial charge is 0.247 e. The van der Waals surface area contributed by atoms with Crippen LogP contribution in [0.15, 0.2) is 11.6 Å². The number of allylic oxidation sites excluding steroid dienone is 2. The molecule has 0 heterocycles. The van der Waals surface area contributed by atoms with Crippen molar-refractivity contribution in [1.82, 2.24) is 0 Å². The second kappa shape index (κ2) is 3.65. The molecule has 0 aliphatic carbocycles. The molecular formula is C7H13F. The summed E-state index contributed by atoms with van der Waals surface area (Å²) >= 11 is 0. The van der Waals surface area contributed by atoms with Crippen molar-refractivity contribution >= 4 is 0 Å². The van der Waals surface area contributed by atoms with Gasteiger partial charge in [0.15, 0.2) is 0 Å². The number of hydrogen-bond donors (Lipinski definition) is 0. The highest BCUT2D eigenvalue weighted by atomic mass is 19.1. The maximum atomic E-state index is 11.5. The minimum atomic E-state index is -0.329. The third-order valence-electron chi connectivity index (χ3n) is 1.31. The summed E-state index contributed by atoms with van der Waals surface area (Å²) in [5.41, 5.74) is 1.13. The van der Waals surface area contributed by atoms with E-state index in [1.165, 1.54) is 0 Å². The highest BCUT2D eigenvalue weighted by Crippen LogP contribution is 2.06. The van der Waals surface area contributed by atoms with Crippen LogP contribution in [0.4, 0.5) is 4.39 Å². The molecule has 48 valence electrons. The molecule has 0 saturated heterocycles. The van der Waals surface area contributed by atoms with Crippen LogP contribution in [-0.2, 0) is 0 Å². The molecule has 0 aromatic carbocycles. The van der Waals surface area contributed by atoms with Crippen molar-refractivity contribution in [2.24, 2.45) is 5.92 Å². The maximum Gasteiger partial charge on any atom is 0.108 e. The van der Waals surface area contributed by atoms with E-state index in [-0.39, 0.29) is 6.67 Å². The van der Waals surface area contributed by atoms with Crippen molar-refractivity contribution in [2.45, 2.75) is 20.8 Å². The molecule has 0 radical (unpaired) electrons. The molecule has 0 unspecified atom stereocenters. The molecule has 0 rings (SSSR count). The van der Waals surface area contributed by atoms with E-state index in [1.807, 2.05) is 6.92 Å². The number of alkyl halides is 1. The Hall–Kier alpha value is -0.330. The molecule has 1 heteroatoms. The van der Waals surface area contributed by atoms with Crippen LogP contribution in [-0.4, -0.2) is 6.67 Å². The first kappa shape index (κ1) is 7.67. The van der Waals surface area contributed by atoms with Crippen molar-refractivity contribution in [2.75, 3.05) is 6.67 Å². The van der Waals surface area contributed by atoms with Crippen molar-refractivity contribution < 1.29 is 4.39 Å². The highest BCUT2D eigenvalue weighted by Gasteiger charge is 1.92. The van der Waals surface area contributed by atoms with E-state index in [2.05, 4.69) is 13.8 Å². The Kier molecular flexibility index (Phi) is 3.49. The molecule has 0 aromatic heterocycles. The SMILES string of the molecule is C/C(=C/CF)C(C)C. The predicted octanol–water partition coefficient (Wildman–Crippen LogP) is 2.56. The summed E-state index contributed by atoms with van der Waals surface area (Å²) in [5, 5.41) is 0. The standard InChI is InChI=1S/C7H13F/c1-6(2)7(3)4-5-8/h4,6H,5H2,1-3H3/b7-4-. The highest BCUT2D eigenvalue weighted by molar-refractivity contribution is 5.00. The molecular weight excluding hydrogens is 103 g/mol. The van der Waals surface area contributed by atoms with Gasteiger partial charge in [0.1, 0.15) is 6.67 Å². The Morgan fingerprint density at radius 3 is 2.25 bits per heavy atom. The number of rotatable bonds is 2. The maximum absolute atomic E-state index is 11.5. The van der Waals surface area contributed by atoms with Gasteiger partial charge in [-0.15, -0.1) is 0 Å². The van der Waals surface area contributed by atoms with E-state index in [1.54, 1.807) is 6.08 Å². The first-order valence-electron chi connectivity index (χ1n) is 2.91. The summed E-state index contributed by atoms with van der Waals surface area (Å²) in [6.45, 7) is 5.73. The smallest absolute Gasteiger partial charge is 0.108 e. The second-order valence-electron chi connectivity index (χ2n) is 2.26. The van der Waals surface area contributed by atoms with E-state index >= 15 is 0 Å². The van der Waals surface area contributed by atoms with Gasteiger partial charge in [-0.1, -0.05) is 25.5 Å². The molecule has 0 fully saturated rings. The molecule has 0 saturated carbocycles. The van der Waals surface area contributed by atoms with Crippen LogP contribution in [0.3, 0.4) is 0 Å². The van der Waals surface area contributed by atoms with Crippen LogP contribution < -0.4 is 0 Å². The molecule has 0 N–H and O–H groups in total. The lowest BCUT2D eigenvalue weighted by atomic mass is 10.1. The van der Waals surface area contributed by atoms with E-state index < -0.39 is 0 Å². The molecule has 0 spiro atoms. The number of hydrogen-bond acceptors (Lipinski definition) is 0. The molecule has 0 aliphatic rings. The van der Waals surface area contributed by atoms with Gasteiger partial charge in [-0.05, 0) is 12.8 Å². The topological polar surface area (TPSA) is 0 Å². The summed E-state index contributed by atoms with van der Waals surface area (Å²) in [5.74, 6) is 0.491. The fourth-order valence-corrected chi connectivity index (χ4v) is 0.357. The third kappa shape index (κ3) is 2.78. The first-order chi connectivity index (χ1) is 3.68. The summed E-state index contributed by atoms with van der Waals surface area (Å²) < 4.78 is 11.5. The van der Waals surface area contributed by atoms with Crippen LogP contribution in [0.2, 0.25) is 0 Å². The van der Waals surface area contributed by atoms with Gasteiger partial charge in [0.2, 0.25) is 0 Å². The lowest BCUT2D eigenvalue weighted by Crippen LogP contribution is -1.88. The average Bonchev–Trinajstić information content (AvgIpc) is 1.67. The van der Waals surface area contributed by atoms with Gasteiger partial charge < -0.3 is 0 Å². The Morgan fingerprint density at radius 2 is 2.12 bits per heavy atom. The van der Waals surface area contributed by atoms with E-state index in [9.17, 15) is 4.39 Å². The Bertz CT molecular complexity index is 82.4. The average molecular weight is 116 g/mol. The van der Waals surface area contributed by atoms with Gasteiger partial charge in [0.25, 0.3) is 0 Å². The lowest BCUT2D eigenvalue weighted by Gasteiger charge is -2.01. The van der Waals surface area contributed by atoms with Crippen molar-refractivity contribution in [1.29, 1.82) is 0 Å². The lowest BCUT2D eigenvalue weighted by molar-refractivity contribution is 0.555. The van der Waals surface area contributed by atoms with Crippen LogP contribution >= 0.6 is 0 Å². The van der Waals surface area contributed by atoms with Gasteiger partial charge in [-0.3, -0.25) is 0 Å². The summed E-state index contributed by atoms with van der Waals surface area (Å²) in [4.78, 5) is 0. The molecule has 0 amide bonds. The quantitative estimate of drug-likeness (QED) is 0.486. The Labute approximate surface area is 50.4 Å². The summed E-state index contributed by atoms with van der Waals surface area (Å²) in [6, 6.07) is 0. The normalized spacial score (nSPS) is 12.9. The zero-order chi connectivity index (χ0) is 6.57. The molecule has 0 bridgehead atoms. The molecule has 0 aliphatic heterocycles. The monoisotopic (exact) mass is 116 g/mol. The van der Waals surface area contributed by atoms with Gasteiger partial charge in [-0.2, -0.15) is 0 Å². The van der Waals surface area contributed by atoms with Gasteiger partial charge >= 0.3 is 0 Å². The molecule has 0 atom stereocenters. The predicted molar refractivity (Wildman–Crippen MR) is 34.6 cm³/mol. The summed E-state index contributed by atoms with van der Waals surface area (Å²) in [6.07, 6.45) is 1.62. The molecule has 0 aromatic rings. The second-order valence-corrected chi connectivity index (χ2v) is 2.26.